The normalized spacial score (nSPS) is 11.4. The van der Waals surface area contributed by atoms with Crippen molar-refractivity contribution < 1.29 is 14.6 Å². The van der Waals surface area contributed by atoms with Gasteiger partial charge in [-0.2, -0.15) is 0 Å². The van der Waals surface area contributed by atoms with Crippen LogP contribution in [0.15, 0.2) is 48.5 Å². The lowest BCUT2D eigenvalue weighted by atomic mass is 9.82. The van der Waals surface area contributed by atoms with E-state index in [2.05, 4.69) is 37.9 Å². The number of carboxylic acid groups (broad SMARTS) is 1. The van der Waals surface area contributed by atoms with Gasteiger partial charge in [-0.15, -0.1) is 11.3 Å². The molecule has 0 amide bonds. The van der Waals surface area contributed by atoms with Gasteiger partial charge in [0.1, 0.15) is 21.4 Å². The first-order chi connectivity index (χ1) is 13.3. The van der Waals surface area contributed by atoms with E-state index in [1.165, 1.54) is 16.9 Å². The summed E-state index contributed by atoms with van der Waals surface area (Å²) in [6.45, 7) is 8.58. The minimum atomic E-state index is -0.921. The molecule has 1 heterocycles. The molecule has 3 aromatic rings. The van der Waals surface area contributed by atoms with Crippen molar-refractivity contribution in [3.63, 3.8) is 0 Å². The topological polar surface area (TPSA) is 59.4 Å². The van der Waals surface area contributed by atoms with Gasteiger partial charge in [0, 0.05) is 5.56 Å². The quantitative estimate of drug-likeness (QED) is 0.493. The number of rotatable bonds is 7. The van der Waals surface area contributed by atoms with Crippen molar-refractivity contribution in [3.05, 3.63) is 64.7 Å². The minimum absolute atomic E-state index is 0.153. The molecule has 0 aliphatic rings. The largest absolute Gasteiger partial charge is 0.477 e. The number of thiazole rings is 1. The van der Waals surface area contributed by atoms with Crippen molar-refractivity contribution in [1.82, 2.24) is 4.98 Å². The van der Waals surface area contributed by atoms with E-state index in [0.29, 0.717) is 22.0 Å². The van der Waals surface area contributed by atoms with Crippen LogP contribution in [0.1, 0.15) is 55.0 Å². The third-order valence-corrected chi connectivity index (χ3v) is 6.22. The molecule has 4 nitrogen and oxygen atoms in total. The third-order valence-electron chi connectivity index (χ3n) is 5.08. The Morgan fingerprint density at radius 1 is 1.04 bits per heavy atom. The van der Waals surface area contributed by atoms with E-state index in [1.807, 2.05) is 43.3 Å². The second kappa shape index (κ2) is 8.15. The van der Waals surface area contributed by atoms with Gasteiger partial charge in [-0.3, -0.25) is 0 Å². The van der Waals surface area contributed by atoms with E-state index >= 15 is 0 Å². The molecule has 2 aromatic carbocycles. The number of aromatic nitrogens is 1. The molecule has 0 aliphatic carbocycles. The molecule has 0 atom stereocenters. The molecule has 0 spiro atoms. The van der Waals surface area contributed by atoms with Crippen molar-refractivity contribution >= 4 is 17.3 Å². The second-order valence-electron chi connectivity index (χ2n) is 7.34. The molecule has 0 saturated carbocycles. The monoisotopic (exact) mass is 395 g/mol. The van der Waals surface area contributed by atoms with Gasteiger partial charge in [0.05, 0.1) is 5.69 Å². The van der Waals surface area contributed by atoms with Gasteiger partial charge in [0.25, 0.3) is 0 Å². The van der Waals surface area contributed by atoms with E-state index in [4.69, 9.17) is 4.74 Å². The predicted octanol–water partition coefficient (Wildman–Crippen LogP) is 6.55. The smallest absolute Gasteiger partial charge is 0.347 e. The van der Waals surface area contributed by atoms with Crippen LogP contribution in [0.2, 0.25) is 0 Å². The number of nitrogens with zero attached hydrogens (tertiary/aromatic N) is 1. The van der Waals surface area contributed by atoms with Crippen molar-refractivity contribution in [1.29, 1.82) is 0 Å². The highest BCUT2D eigenvalue weighted by atomic mass is 32.1. The first kappa shape index (κ1) is 20.1. The van der Waals surface area contributed by atoms with Crippen molar-refractivity contribution in [2.24, 2.45) is 0 Å². The zero-order valence-corrected chi connectivity index (χ0v) is 17.5. The van der Waals surface area contributed by atoms with Crippen molar-refractivity contribution in [2.75, 3.05) is 0 Å². The van der Waals surface area contributed by atoms with E-state index in [-0.39, 0.29) is 5.41 Å². The lowest BCUT2D eigenvalue weighted by Gasteiger charge is -2.23. The maximum absolute atomic E-state index is 11.3. The highest BCUT2D eigenvalue weighted by Crippen LogP contribution is 2.32. The zero-order chi connectivity index (χ0) is 20.3. The molecule has 0 unspecified atom stereocenters. The Balaban J connectivity index is 1.75. The van der Waals surface area contributed by atoms with Crippen LogP contribution in [-0.2, 0) is 11.8 Å². The van der Waals surface area contributed by atoms with Gasteiger partial charge in [0.2, 0.25) is 0 Å². The van der Waals surface area contributed by atoms with Gasteiger partial charge in [-0.1, -0.05) is 39.8 Å². The summed E-state index contributed by atoms with van der Waals surface area (Å²) in [5, 5.41) is 10.0. The lowest BCUT2D eigenvalue weighted by Crippen LogP contribution is -2.14. The lowest BCUT2D eigenvalue weighted by molar-refractivity contribution is 0.0701. The number of benzene rings is 2. The van der Waals surface area contributed by atoms with E-state index in [1.54, 1.807) is 0 Å². The molecule has 1 aromatic heterocycles. The maximum Gasteiger partial charge on any atom is 0.347 e. The second-order valence-corrected chi connectivity index (χ2v) is 8.34. The number of aromatic carboxylic acids is 1. The van der Waals surface area contributed by atoms with Gasteiger partial charge < -0.3 is 9.84 Å². The molecular formula is C23H25NO3S. The summed E-state index contributed by atoms with van der Waals surface area (Å²) in [6.07, 6.45) is 1.68. The average Bonchev–Trinajstić information content (AvgIpc) is 3.14. The zero-order valence-electron chi connectivity index (χ0n) is 16.7. The SMILES string of the molecule is CCc1nc(-c2ccc(Oc3ccc(C(C)(C)CC)cc3)cc2)sc1C(=O)O. The summed E-state index contributed by atoms with van der Waals surface area (Å²) in [5.41, 5.74) is 2.96. The van der Waals surface area contributed by atoms with Crippen LogP contribution in [0.5, 0.6) is 11.5 Å². The van der Waals surface area contributed by atoms with Crippen molar-refractivity contribution in [3.8, 4) is 22.1 Å². The Hall–Kier alpha value is -2.66. The third kappa shape index (κ3) is 4.25. The van der Waals surface area contributed by atoms with Gasteiger partial charge in [-0.05, 0) is 60.2 Å². The van der Waals surface area contributed by atoms with E-state index in [9.17, 15) is 9.90 Å². The number of aryl methyl sites for hydroxylation is 1. The summed E-state index contributed by atoms with van der Waals surface area (Å²) in [6, 6.07) is 15.8. The summed E-state index contributed by atoms with van der Waals surface area (Å²) in [7, 11) is 0. The Morgan fingerprint density at radius 2 is 1.61 bits per heavy atom. The molecule has 5 heteroatoms. The molecule has 146 valence electrons. The maximum atomic E-state index is 11.3. The molecule has 3 rings (SSSR count). The summed E-state index contributed by atoms with van der Waals surface area (Å²) >= 11 is 1.21. The molecule has 0 aliphatic heterocycles. The number of carboxylic acids is 1. The molecule has 0 radical (unpaired) electrons. The van der Waals surface area contributed by atoms with Crippen LogP contribution < -0.4 is 4.74 Å². The van der Waals surface area contributed by atoms with Crippen LogP contribution in [0.25, 0.3) is 10.6 Å². The molecule has 0 fully saturated rings. The summed E-state index contributed by atoms with van der Waals surface area (Å²) < 4.78 is 5.95. The average molecular weight is 396 g/mol. The van der Waals surface area contributed by atoms with E-state index in [0.717, 1.165) is 23.5 Å². The predicted molar refractivity (Wildman–Crippen MR) is 114 cm³/mol. The Kier molecular flexibility index (Phi) is 5.84. The molecular weight excluding hydrogens is 370 g/mol. The summed E-state index contributed by atoms with van der Waals surface area (Å²) in [5.74, 6) is 0.603. The summed E-state index contributed by atoms with van der Waals surface area (Å²) in [4.78, 5) is 16.1. The Labute approximate surface area is 169 Å². The first-order valence-electron chi connectivity index (χ1n) is 9.46. The van der Waals surface area contributed by atoms with Gasteiger partial charge >= 0.3 is 5.97 Å². The highest BCUT2D eigenvalue weighted by Gasteiger charge is 2.18. The standard InChI is InChI=1S/C23H25NO3S/c1-5-19-20(22(25)26)28-21(24-19)15-7-11-17(12-8-15)27-18-13-9-16(10-14-18)23(3,4)6-2/h7-14H,5-6H2,1-4H3,(H,25,26). The molecule has 28 heavy (non-hydrogen) atoms. The van der Waals surface area contributed by atoms with E-state index < -0.39 is 5.97 Å². The fourth-order valence-electron chi connectivity index (χ4n) is 2.86. The van der Waals surface area contributed by atoms with Crippen molar-refractivity contribution in [2.45, 2.75) is 46.0 Å². The van der Waals surface area contributed by atoms with Crippen LogP contribution in [0, 0.1) is 0 Å². The van der Waals surface area contributed by atoms with Crippen LogP contribution in [0.3, 0.4) is 0 Å². The fraction of sp³-hybridized carbons (Fsp3) is 0.304. The Morgan fingerprint density at radius 3 is 2.07 bits per heavy atom. The molecule has 0 bridgehead atoms. The van der Waals surface area contributed by atoms with Gasteiger partial charge in [0.15, 0.2) is 0 Å². The number of carbonyl (C=O) groups is 1. The highest BCUT2D eigenvalue weighted by molar-refractivity contribution is 7.17. The van der Waals surface area contributed by atoms with Crippen LogP contribution >= 0.6 is 11.3 Å². The first-order valence-corrected chi connectivity index (χ1v) is 10.3. The van der Waals surface area contributed by atoms with Gasteiger partial charge in [-0.25, -0.2) is 9.78 Å². The number of hydrogen-bond acceptors (Lipinski definition) is 4. The van der Waals surface area contributed by atoms with Crippen LogP contribution in [0.4, 0.5) is 0 Å². The number of ether oxygens (including phenoxy) is 1. The molecule has 0 saturated heterocycles. The minimum Gasteiger partial charge on any atom is -0.477 e. The Bertz CT molecular complexity index is 957. The molecule has 1 N–H and O–H groups in total. The number of hydrogen-bond donors (Lipinski definition) is 1. The fourth-order valence-corrected chi connectivity index (χ4v) is 3.86. The van der Waals surface area contributed by atoms with Crippen LogP contribution in [-0.4, -0.2) is 16.1 Å².